The molecule has 5 nitrogen and oxygen atoms in total. The van der Waals surface area contributed by atoms with Crippen LogP contribution in [0.5, 0.6) is 5.75 Å². The van der Waals surface area contributed by atoms with Crippen molar-refractivity contribution in [3.8, 4) is 17.2 Å². The van der Waals surface area contributed by atoms with E-state index in [9.17, 15) is 4.79 Å². The maximum atomic E-state index is 12.4. The molecule has 8 heteroatoms. The molecule has 0 saturated carbocycles. The van der Waals surface area contributed by atoms with Gasteiger partial charge in [-0.05, 0) is 66.4 Å². The van der Waals surface area contributed by atoms with Crippen LogP contribution in [-0.2, 0) is 4.79 Å². The summed E-state index contributed by atoms with van der Waals surface area (Å²) in [6.07, 6.45) is 1.05. The number of ether oxygens (including phenoxy) is 1. The standard InChI is InChI=1S/C25H21Cl3N2O3/c1-3-14(2)15-5-8-23-21(10-15)30-25(33-23)16-4-7-18(27)20(11-16)29-24(31)13-32-22-9-6-17(26)12-19(22)28/h4-12,14H,3,13H2,1-2H3,(H,29,31)/t14-/m1/s1. The van der Waals surface area contributed by atoms with Gasteiger partial charge in [0.25, 0.3) is 5.91 Å². The molecule has 3 aromatic carbocycles. The number of hydrogen-bond acceptors (Lipinski definition) is 4. The number of nitrogens with one attached hydrogen (secondary N) is 1. The van der Waals surface area contributed by atoms with Crippen LogP contribution in [0, 0.1) is 0 Å². The number of halogens is 3. The van der Waals surface area contributed by atoms with Crippen molar-refractivity contribution in [1.82, 2.24) is 4.98 Å². The summed E-state index contributed by atoms with van der Waals surface area (Å²) in [6, 6.07) is 16.0. The van der Waals surface area contributed by atoms with E-state index in [1.165, 1.54) is 5.56 Å². The number of rotatable bonds is 7. The first-order valence-electron chi connectivity index (χ1n) is 10.4. The van der Waals surface area contributed by atoms with Crippen LogP contribution in [0.2, 0.25) is 15.1 Å². The van der Waals surface area contributed by atoms with E-state index in [2.05, 4.69) is 30.2 Å². The molecule has 1 aromatic heterocycles. The lowest BCUT2D eigenvalue weighted by molar-refractivity contribution is -0.118. The number of benzene rings is 3. The molecule has 170 valence electrons. The summed E-state index contributed by atoms with van der Waals surface area (Å²) in [5, 5.41) is 3.94. The van der Waals surface area contributed by atoms with Gasteiger partial charge in [-0.1, -0.05) is 54.7 Å². The molecule has 0 bridgehead atoms. The average molecular weight is 504 g/mol. The summed E-state index contributed by atoms with van der Waals surface area (Å²) in [4.78, 5) is 17.1. The number of carbonyl (C=O) groups is 1. The Hall–Kier alpha value is -2.73. The molecule has 1 amide bonds. The quantitative estimate of drug-likeness (QED) is 0.277. The van der Waals surface area contributed by atoms with Crippen LogP contribution in [0.25, 0.3) is 22.6 Å². The third-order valence-electron chi connectivity index (χ3n) is 5.33. The SMILES string of the molecule is CC[C@@H](C)c1ccc2oc(-c3ccc(Cl)c(NC(=O)COc4ccc(Cl)cc4Cl)c3)nc2c1. The van der Waals surface area contributed by atoms with E-state index < -0.39 is 5.91 Å². The number of hydrogen-bond donors (Lipinski definition) is 1. The topological polar surface area (TPSA) is 64.4 Å². The van der Waals surface area contributed by atoms with E-state index in [0.717, 1.165) is 11.9 Å². The van der Waals surface area contributed by atoms with Gasteiger partial charge < -0.3 is 14.5 Å². The van der Waals surface area contributed by atoms with Crippen LogP contribution in [0.4, 0.5) is 5.69 Å². The molecule has 0 unspecified atom stereocenters. The molecular formula is C25H21Cl3N2O3. The highest BCUT2D eigenvalue weighted by Gasteiger charge is 2.14. The average Bonchev–Trinajstić information content (AvgIpc) is 3.23. The van der Waals surface area contributed by atoms with E-state index in [1.807, 2.05) is 12.1 Å². The number of aromatic nitrogens is 1. The Morgan fingerprint density at radius 3 is 2.64 bits per heavy atom. The van der Waals surface area contributed by atoms with E-state index in [-0.39, 0.29) is 6.61 Å². The van der Waals surface area contributed by atoms with Gasteiger partial charge in [0.1, 0.15) is 11.3 Å². The lowest BCUT2D eigenvalue weighted by atomic mass is 9.98. The van der Waals surface area contributed by atoms with Crippen molar-refractivity contribution in [3.05, 3.63) is 75.2 Å². The lowest BCUT2D eigenvalue weighted by Crippen LogP contribution is -2.20. The largest absolute Gasteiger partial charge is 0.482 e. The summed E-state index contributed by atoms with van der Waals surface area (Å²) in [5.41, 5.74) is 3.82. The van der Waals surface area contributed by atoms with Gasteiger partial charge in [0.05, 0.1) is 15.7 Å². The Kier molecular flexibility index (Phi) is 7.13. The van der Waals surface area contributed by atoms with Crippen LogP contribution in [-0.4, -0.2) is 17.5 Å². The summed E-state index contributed by atoms with van der Waals surface area (Å²) in [5.74, 6) is 0.856. The van der Waals surface area contributed by atoms with Gasteiger partial charge in [0.2, 0.25) is 5.89 Å². The van der Waals surface area contributed by atoms with E-state index in [0.29, 0.717) is 49.5 Å². The first-order chi connectivity index (χ1) is 15.8. The highest BCUT2D eigenvalue weighted by atomic mass is 35.5. The number of amides is 1. The van der Waals surface area contributed by atoms with Gasteiger partial charge in [-0.3, -0.25) is 4.79 Å². The first kappa shape index (κ1) is 23.4. The van der Waals surface area contributed by atoms with Gasteiger partial charge in [-0.15, -0.1) is 0 Å². The molecule has 4 aromatic rings. The highest BCUT2D eigenvalue weighted by molar-refractivity contribution is 6.35. The smallest absolute Gasteiger partial charge is 0.262 e. The van der Waals surface area contributed by atoms with Crippen LogP contribution in [0.1, 0.15) is 31.7 Å². The van der Waals surface area contributed by atoms with Crippen LogP contribution >= 0.6 is 34.8 Å². The van der Waals surface area contributed by atoms with Gasteiger partial charge in [0, 0.05) is 10.6 Å². The minimum atomic E-state index is -0.393. The number of anilines is 1. The molecule has 33 heavy (non-hydrogen) atoms. The third kappa shape index (κ3) is 5.44. The molecular weight excluding hydrogens is 483 g/mol. The van der Waals surface area contributed by atoms with Crippen molar-refractivity contribution in [1.29, 1.82) is 0 Å². The third-order valence-corrected chi connectivity index (χ3v) is 6.19. The Morgan fingerprint density at radius 2 is 1.88 bits per heavy atom. The van der Waals surface area contributed by atoms with Crippen LogP contribution in [0.15, 0.2) is 59.0 Å². The van der Waals surface area contributed by atoms with Gasteiger partial charge in [0.15, 0.2) is 12.2 Å². The number of fused-ring (bicyclic) bond motifs is 1. The molecule has 4 rings (SSSR count). The second kappa shape index (κ2) is 10.0. The van der Waals surface area contributed by atoms with E-state index >= 15 is 0 Å². The Balaban J connectivity index is 1.51. The van der Waals surface area contributed by atoms with Crippen molar-refractivity contribution in [2.75, 3.05) is 11.9 Å². The van der Waals surface area contributed by atoms with Crippen molar-refractivity contribution >= 4 is 57.5 Å². The monoisotopic (exact) mass is 502 g/mol. The zero-order valence-corrected chi connectivity index (χ0v) is 20.3. The van der Waals surface area contributed by atoms with Crippen molar-refractivity contribution in [2.45, 2.75) is 26.2 Å². The predicted octanol–water partition coefficient (Wildman–Crippen LogP) is 7.99. The molecule has 0 aliphatic heterocycles. The van der Waals surface area contributed by atoms with Gasteiger partial charge >= 0.3 is 0 Å². The zero-order chi connectivity index (χ0) is 23.5. The maximum Gasteiger partial charge on any atom is 0.262 e. The van der Waals surface area contributed by atoms with Gasteiger partial charge in [-0.25, -0.2) is 4.98 Å². The van der Waals surface area contributed by atoms with Crippen molar-refractivity contribution in [3.63, 3.8) is 0 Å². The zero-order valence-electron chi connectivity index (χ0n) is 18.0. The fourth-order valence-electron chi connectivity index (χ4n) is 3.29. The first-order valence-corrected chi connectivity index (χ1v) is 11.6. The number of nitrogens with zero attached hydrogens (tertiary/aromatic N) is 1. The lowest BCUT2D eigenvalue weighted by Gasteiger charge is -2.10. The van der Waals surface area contributed by atoms with Crippen LogP contribution in [0.3, 0.4) is 0 Å². The second-order valence-corrected chi connectivity index (χ2v) is 8.91. The Labute approximate surface area is 206 Å². The Bertz CT molecular complexity index is 1320. The molecule has 1 N–H and O–H groups in total. The molecule has 1 heterocycles. The normalized spacial score (nSPS) is 12.0. The van der Waals surface area contributed by atoms with E-state index in [4.69, 9.17) is 44.0 Å². The van der Waals surface area contributed by atoms with E-state index in [1.54, 1.807) is 36.4 Å². The summed E-state index contributed by atoms with van der Waals surface area (Å²) in [6.45, 7) is 4.09. The molecule has 0 saturated heterocycles. The molecule has 0 radical (unpaired) electrons. The molecule has 0 spiro atoms. The maximum absolute atomic E-state index is 12.4. The van der Waals surface area contributed by atoms with Crippen molar-refractivity contribution < 1.29 is 13.9 Å². The molecule has 0 aliphatic rings. The summed E-state index contributed by atoms with van der Waals surface area (Å²) < 4.78 is 11.4. The van der Waals surface area contributed by atoms with Crippen molar-refractivity contribution in [2.24, 2.45) is 0 Å². The molecule has 0 fully saturated rings. The highest BCUT2D eigenvalue weighted by Crippen LogP contribution is 2.32. The fourth-order valence-corrected chi connectivity index (χ4v) is 3.91. The Morgan fingerprint density at radius 1 is 1.06 bits per heavy atom. The van der Waals surface area contributed by atoms with Crippen LogP contribution < -0.4 is 10.1 Å². The summed E-state index contributed by atoms with van der Waals surface area (Å²) >= 11 is 18.2. The summed E-state index contributed by atoms with van der Waals surface area (Å²) in [7, 11) is 0. The van der Waals surface area contributed by atoms with Gasteiger partial charge in [-0.2, -0.15) is 0 Å². The number of carbonyl (C=O) groups excluding carboxylic acids is 1. The minimum absolute atomic E-state index is 0.247. The number of oxazole rings is 1. The molecule has 1 atom stereocenters. The second-order valence-electron chi connectivity index (χ2n) is 7.66. The molecule has 0 aliphatic carbocycles. The fraction of sp³-hybridized carbons (Fsp3) is 0.200. The minimum Gasteiger partial charge on any atom is -0.482 e. The predicted molar refractivity (Wildman–Crippen MR) is 134 cm³/mol.